The van der Waals surface area contributed by atoms with Gasteiger partial charge in [-0.15, -0.1) is 0 Å². The maximum atomic E-state index is 3.62. The van der Waals surface area contributed by atoms with Crippen LogP contribution in [0.2, 0.25) is 0 Å². The second-order valence-corrected chi connectivity index (χ2v) is 9.12. The molecule has 0 N–H and O–H groups in total. The maximum absolute atomic E-state index is 3.62. The van der Waals surface area contributed by atoms with Gasteiger partial charge in [0.1, 0.15) is 0 Å². The molecule has 2 aromatic rings. The number of unbranched alkanes of at least 4 members (excludes halogenated alkanes) is 2. The summed E-state index contributed by atoms with van der Waals surface area (Å²) in [5, 5.41) is 0. The number of hydrogen-bond donors (Lipinski definition) is 0. The minimum atomic E-state index is 0.411. The SMILES string of the molecule is CCCCCC(c1cc(Br)cc(Br)c1)c1cc(Br)cc(Br)c1. The van der Waals surface area contributed by atoms with Gasteiger partial charge in [0.15, 0.2) is 0 Å². The van der Waals surface area contributed by atoms with Crippen LogP contribution in [0.25, 0.3) is 0 Å². The summed E-state index contributed by atoms with van der Waals surface area (Å²) in [6, 6.07) is 13.1. The standard InChI is InChI=1S/C18H18Br4/c1-2-3-4-5-18(12-6-14(19)10-15(20)7-12)13-8-16(21)11-17(22)9-13/h6-11,18H,2-5H2,1H3. The molecule has 0 unspecified atom stereocenters. The molecule has 0 aliphatic rings. The molecule has 0 aliphatic carbocycles. The van der Waals surface area contributed by atoms with Gasteiger partial charge in [-0.3, -0.25) is 0 Å². The van der Waals surface area contributed by atoms with Gasteiger partial charge in [-0.1, -0.05) is 89.9 Å². The van der Waals surface area contributed by atoms with Crippen molar-refractivity contribution >= 4 is 63.7 Å². The lowest BCUT2D eigenvalue weighted by Crippen LogP contribution is -2.02. The summed E-state index contributed by atoms with van der Waals surface area (Å²) in [4.78, 5) is 0. The highest BCUT2D eigenvalue weighted by molar-refractivity contribution is 9.11. The summed E-state index contributed by atoms with van der Waals surface area (Å²) in [5.74, 6) is 0.411. The van der Waals surface area contributed by atoms with Gasteiger partial charge >= 0.3 is 0 Å². The molecule has 0 amide bonds. The third kappa shape index (κ3) is 5.47. The molecular formula is C18H18Br4. The second kappa shape index (κ2) is 9.00. The molecule has 0 atom stereocenters. The molecule has 22 heavy (non-hydrogen) atoms. The Bertz CT molecular complexity index is 545. The summed E-state index contributed by atoms with van der Waals surface area (Å²) in [6.45, 7) is 2.25. The fourth-order valence-electron chi connectivity index (χ4n) is 2.68. The minimum absolute atomic E-state index is 0.411. The van der Waals surface area contributed by atoms with E-state index in [1.165, 1.54) is 36.8 Å². The van der Waals surface area contributed by atoms with Gasteiger partial charge in [-0.25, -0.2) is 0 Å². The fraction of sp³-hybridized carbons (Fsp3) is 0.333. The van der Waals surface area contributed by atoms with E-state index in [0.29, 0.717) is 5.92 Å². The molecular weight excluding hydrogens is 536 g/mol. The Hall–Kier alpha value is 0.360. The Morgan fingerprint density at radius 2 is 1.09 bits per heavy atom. The van der Waals surface area contributed by atoms with Gasteiger partial charge in [0, 0.05) is 23.8 Å². The van der Waals surface area contributed by atoms with Crippen molar-refractivity contribution in [3.05, 3.63) is 65.4 Å². The van der Waals surface area contributed by atoms with E-state index in [-0.39, 0.29) is 0 Å². The predicted molar refractivity (Wildman–Crippen MR) is 110 cm³/mol. The van der Waals surface area contributed by atoms with Gasteiger partial charge in [0.2, 0.25) is 0 Å². The normalized spacial score (nSPS) is 11.2. The van der Waals surface area contributed by atoms with Gasteiger partial charge in [-0.2, -0.15) is 0 Å². The van der Waals surface area contributed by atoms with Crippen molar-refractivity contribution in [2.75, 3.05) is 0 Å². The smallest absolute Gasteiger partial charge is 0.0189 e. The van der Waals surface area contributed by atoms with Crippen LogP contribution in [0.3, 0.4) is 0 Å². The summed E-state index contributed by atoms with van der Waals surface area (Å²) in [5.41, 5.74) is 2.70. The molecule has 2 aromatic carbocycles. The highest BCUT2D eigenvalue weighted by atomic mass is 79.9. The first-order valence-corrected chi connectivity index (χ1v) is 10.6. The van der Waals surface area contributed by atoms with Crippen LogP contribution in [0, 0.1) is 0 Å². The predicted octanol–water partition coefficient (Wildman–Crippen LogP) is 8.45. The summed E-state index contributed by atoms with van der Waals surface area (Å²) in [7, 11) is 0. The highest BCUT2D eigenvalue weighted by Crippen LogP contribution is 2.36. The van der Waals surface area contributed by atoms with E-state index in [1.54, 1.807) is 0 Å². The molecule has 0 heterocycles. The van der Waals surface area contributed by atoms with Crippen LogP contribution in [-0.4, -0.2) is 0 Å². The monoisotopic (exact) mass is 550 g/mol. The van der Waals surface area contributed by atoms with E-state index in [4.69, 9.17) is 0 Å². The molecule has 0 fully saturated rings. The quantitative estimate of drug-likeness (QED) is 0.315. The van der Waals surface area contributed by atoms with Gasteiger partial charge in [0.25, 0.3) is 0 Å². The zero-order valence-corrected chi connectivity index (χ0v) is 18.7. The van der Waals surface area contributed by atoms with Crippen molar-refractivity contribution in [3.8, 4) is 0 Å². The van der Waals surface area contributed by atoms with Crippen LogP contribution in [0.15, 0.2) is 54.3 Å². The fourth-order valence-corrected chi connectivity index (χ4v) is 5.34. The highest BCUT2D eigenvalue weighted by Gasteiger charge is 2.16. The second-order valence-electron chi connectivity index (χ2n) is 5.45. The summed E-state index contributed by atoms with van der Waals surface area (Å²) < 4.78 is 4.47. The summed E-state index contributed by atoms with van der Waals surface area (Å²) in [6.07, 6.45) is 4.94. The Morgan fingerprint density at radius 1 is 0.682 bits per heavy atom. The van der Waals surface area contributed by atoms with Gasteiger partial charge < -0.3 is 0 Å². The van der Waals surface area contributed by atoms with Crippen LogP contribution in [0.4, 0.5) is 0 Å². The third-order valence-corrected chi connectivity index (χ3v) is 5.50. The average molecular weight is 554 g/mol. The lowest BCUT2D eigenvalue weighted by atomic mass is 9.87. The van der Waals surface area contributed by atoms with Crippen molar-refractivity contribution in [2.45, 2.75) is 38.5 Å². The van der Waals surface area contributed by atoms with E-state index < -0.39 is 0 Å². The van der Waals surface area contributed by atoms with Gasteiger partial charge in [-0.05, 0) is 53.9 Å². The Labute approximate surface area is 166 Å². The minimum Gasteiger partial charge on any atom is -0.0654 e. The summed E-state index contributed by atoms with van der Waals surface area (Å²) >= 11 is 14.5. The van der Waals surface area contributed by atoms with E-state index in [2.05, 4.69) is 107 Å². The van der Waals surface area contributed by atoms with E-state index >= 15 is 0 Å². The molecule has 4 heteroatoms. The van der Waals surface area contributed by atoms with E-state index in [1.807, 2.05) is 0 Å². The maximum Gasteiger partial charge on any atom is 0.0189 e. The molecule has 0 saturated heterocycles. The zero-order chi connectivity index (χ0) is 16.1. The number of halogens is 4. The first-order valence-electron chi connectivity index (χ1n) is 7.41. The Morgan fingerprint density at radius 3 is 1.45 bits per heavy atom. The molecule has 0 aliphatic heterocycles. The molecule has 0 aromatic heterocycles. The van der Waals surface area contributed by atoms with Crippen molar-refractivity contribution < 1.29 is 0 Å². The topological polar surface area (TPSA) is 0 Å². The van der Waals surface area contributed by atoms with E-state index in [0.717, 1.165) is 17.9 Å². The number of hydrogen-bond acceptors (Lipinski definition) is 0. The molecule has 0 radical (unpaired) electrons. The molecule has 0 saturated carbocycles. The molecule has 2 rings (SSSR count). The first kappa shape index (κ1) is 18.7. The number of benzene rings is 2. The lowest BCUT2D eigenvalue weighted by Gasteiger charge is -2.19. The molecule has 0 bridgehead atoms. The van der Waals surface area contributed by atoms with Gasteiger partial charge in [0.05, 0.1) is 0 Å². The third-order valence-electron chi connectivity index (χ3n) is 3.67. The van der Waals surface area contributed by atoms with E-state index in [9.17, 15) is 0 Å². The van der Waals surface area contributed by atoms with Crippen LogP contribution in [0.5, 0.6) is 0 Å². The molecule has 118 valence electrons. The molecule has 0 spiro atoms. The lowest BCUT2D eigenvalue weighted by molar-refractivity contribution is 0.618. The van der Waals surface area contributed by atoms with Crippen molar-refractivity contribution in [1.29, 1.82) is 0 Å². The van der Waals surface area contributed by atoms with Crippen molar-refractivity contribution in [1.82, 2.24) is 0 Å². The average Bonchev–Trinajstić information content (AvgIpc) is 2.41. The molecule has 0 nitrogen and oxygen atoms in total. The van der Waals surface area contributed by atoms with Crippen molar-refractivity contribution in [2.24, 2.45) is 0 Å². The Kier molecular flexibility index (Phi) is 7.65. The van der Waals surface area contributed by atoms with Crippen LogP contribution in [0.1, 0.15) is 49.7 Å². The first-order chi connectivity index (χ1) is 10.5. The largest absolute Gasteiger partial charge is 0.0654 e. The van der Waals surface area contributed by atoms with Crippen LogP contribution < -0.4 is 0 Å². The van der Waals surface area contributed by atoms with Crippen molar-refractivity contribution in [3.63, 3.8) is 0 Å². The van der Waals surface area contributed by atoms with Crippen LogP contribution >= 0.6 is 63.7 Å². The number of rotatable bonds is 6. The zero-order valence-electron chi connectivity index (χ0n) is 12.4. The van der Waals surface area contributed by atoms with Crippen LogP contribution in [-0.2, 0) is 0 Å². The Balaban J connectivity index is 2.40.